The molecule has 0 spiro atoms. The van der Waals surface area contributed by atoms with Crippen molar-refractivity contribution in [3.8, 4) is 5.75 Å². The Kier molecular flexibility index (Phi) is 5.25. The molecule has 144 valence electrons. The summed E-state index contributed by atoms with van der Waals surface area (Å²) in [6.45, 7) is 5.31. The third kappa shape index (κ3) is 3.83. The van der Waals surface area contributed by atoms with Crippen molar-refractivity contribution in [3.63, 3.8) is 0 Å². The van der Waals surface area contributed by atoms with Crippen LogP contribution in [0.25, 0.3) is 21.2 Å². The maximum absolute atomic E-state index is 11.9. The van der Waals surface area contributed by atoms with E-state index in [9.17, 15) is 8.42 Å². The average molecular weight is 409 g/mol. The molecule has 0 saturated heterocycles. The number of aromatic nitrogens is 1. The van der Waals surface area contributed by atoms with Crippen LogP contribution in [-0.2, 0) is 15.4 Å². The monoisotopic (exact) mass is 408 g/mol. The number of halogens is 1. The summed E-state index contributed by atoms with van der Waals surface area (Å²) in [6.07, 6.45) is 2.46. The van der Waals surface area contributed by atoms with Gasteiger partial charge in [-0.2, -0.15) is 0 Å². The second kappa shape index (κ2) is 7.19. The van der Waals surface area contributed by atoms with Gasteiger partial charge in [0, 0.05) is 35.1 Å². The molecule has 1 saturated carbocycles. The van der Waals surface area contributed by atoms with Gasteiger partial charge in [-0.3, -0.25) is 0 Å². The topological polar surface area (TPSA) is 105 Å². The van der Waals surface area contributed by atoms with Gasteiger partial charge < -0.3 is 4.74 Å². The van der Waals surface area contributed by atoms with Crippen molar-refractivity contribution >= 4 is 32.2 Å². The summed E-state index contributed by atoms with van der Waals surface area (Å²) in [7, 11) is -3.02. The van der Waals surface area contributed by atoms with E-state index in [0.29, 0.717) is 23.7 Å². The van der Waals surface area contributed by atoms with E-state index in [2.05, 4.69) is 15.0 Å². The molecule has 0 N–H and O–H groups in total. The fourth-order valence-electron chi connectivity index (χ4n) is 3.31. The van der Waals surface area contributed by atoms with Crippen molar-refractivity contribution in [1.82, 2.24) is 4.98 Å². The van der Waals surface area contributed by atoms with Crippen molar-refractivity contribution in [2.24, 2.45) is 5.11 Å². The van der Waals surface area contributed by atoms with Gasteiger partial charge in [0.2, 0.25) is 0 Å². The van der Waals surface area contributed by atoms with E-state index in [1.165, 1.54) is 0 Å². The number of sulfone groups is 1. The van der Waals surface area contributed by atoms with Crippen LogP contribution in [-0.4, -0.2) is 30.5 Å². The fourth-order valence-corrected chi connectivity index (χ4v) is 4.96. The van der Waals surface area contributed by atoms with Crippen LogP contribution in [0.1, 0.15) is 39.2 Å². The predicted molar refractivity (Wildman–Crippen MR) is 106 cm³/mol. The quantitative estimate of drug-likeness (QED) is 0.297. The van der Waals surface area contributed by atoms with Crippen molar-refractivity contribution in [2.75, 3.05) is 5.75 Å². The Morgan fingerprint density at radius 3 is 2.70 bits per heavy atom. The number of hydrogen-bond acceptors (Lipinski definition) is 5. The summed E-state index contributed by atoms with van der Waals surface area (Å²) < 4.78 is 29.9. The highest BCUT2D eigenvalue weighted by atomic mass is 35.5. The van der Waals surface area contributed by atoms with E-state index in [0.717, 1.165) is 16.3 Å². The number of benzene rings is 1. The maximum Gasteiger partial charge on any atom is 0.153 e. The van der Waals surface area contributed by atoms with Gasteiger partial charge in [-0.15, -0.1) is 0 Å². The van der Waals surface area contributed by atoms with Crippen LogP contribution in [0.2, 0.25) is 5.15 Å². The first-order valence-electron chi connectivity index (χ1n) is 8.71. The Bertz CT molecular complexity index is 1030. The molecule has 1 aliphatic carbocycles. The lowest BCUT2D eigenvalue weighted by Crippen LogP contribution is -2.43. The molecule has 0 radical (unpaired) electrons. The van der Waals surface area contributed by atoms with E-state index in [-0.39, 0.29) is 17.1 Å². The Morgan fingerprint density at radius 2 is 2.07 bits per heavy atom. The highest BCUT2D eigenvalue weighted by Crippen LogP contribution is 2.39. The number of hydrogen-bond donors (Lipinski definition) is 0. The predicted octanol–water partition coefficient (Wildman–Crippen LogP) is 4.78. The lowest BCUT2D eigenvalue weighted by Gasteiger charge is -2.35. The highest BCUT2D eigenvalue weighted by Gasteiger charge is 2.39. The van der Waals surface area contributed by atoms with Gasteiger partial charge in [0.1, 0.15) is 17.0 Å². The molecule has 7 nitrogen and oxygen atoms in total. The van der Waals surface area contributed by atoms with Gasteiger partial charge in [-0.05, 0) is 28.6 Å². The van der Waals surface area contributed by atoms with E-state index in [1.54, 1.807) is 19.2 Å². The first kappa shape index (κ1) is 19.7. The van der Waals surface area contributed by atoms with Gasteiger partial charge in [-0.25, -0.2) is 13.4 Å². The number of azide groups is 1. The number of pyridine rings is 1. The van der Waals surface area contributed by atoms with Gasteiger partial charge in [0.15, 0.2) is 9.84 Å². The van der Waals surface area contributed by atoms with Crippen molar-refractivity contribution < 1.29 is 13.2 Å². The third-order valence-electron chi connectivity index (χ3n) is 5.04. The molecule has 2 aromatic rings. The minimum absolute atomic E-state index is 0.147. The summed E-state index contributed by atoms with van der Waals surface area (Å²) in [6, 6.07) is 5.38. The van der Waals surface area contributed by atoms with E-state index < -0.39 is 15.4 Å². The number of rotatable bonds is 6. The zero-order chi connectivity index (χ0) is 19.8. The van der Waals surface area contributed by atoms with Gasteiger partial charge in [-0.1, -0.05) is 43.6 Å². The highest BCUT2D eigenvalue weighted by molar-refractivity contribution is 7.92. The third-order valence-corrected chi connectivity index (χ3v) is 7.45. The Hall–Kier alpha value is -2.02. The van der Waals surface area contributed by atoms with E-state index in [4.69, 9.17) is 21.9 Å². The molecule has 9 heteroatoms. The summed E-state index contributed by atoms with van der Waals surface area (Å²) in [5.74, 6) is 0.769. The second-order valence-electron chi connectivity index (χ2n) is 7.20. The molecule has 1 aromatic carbocycles. The molecule has 0 atom stereocenters. The van der Waals surface area contributed by atoms with Crippen LogP contribution < -0.4 is 4.74 Å². The Balaban J connectivity index is 1.94. The minimum atomic E-state index is -3.02. The van der Waals surface area contributed by atoms with Crippen LogP contribution in [0.15, 0.2) is 29.5 Å². The molecule has 0 amide bonds. The van der Waals surface area contributed by atoms with Crippen molar-refractivity contribution in [1.29, 1.82) is 0 Å². The molecule has 27 heavy (non-hydrogen) atoms. The van der Waals surface area contributed by atoms with E-state index >= 15 is 0 Å². The first-order chi connectivity index (χ1) is 12.7. The van der Waals surface area contributed by atoms with Crippen molar-refractivity contribution in [2.45, 2.75) is 50.5 Å². The normalized spacial score (nSPS) is 20.0. The van der Waals surface area contributed by atoms with Crippen LogP contribution in [0.3, 0.4) is 0 Å². The van der Waals surface area contributed by atoms with E-state index in [1.807, 2.05) is 26.0 Å². The second-order valence-corrected chi connectivity index (χ2v) is 10.2. The Labute approximate surface area is 163 Å². The van der Waals surface area contributed by atoms with Gasteiger partial charge in [0.25, 0.3) is 0 Å². The zero-order valence-corrected chi connectivity index (χ0v) is 17.0. The number of ether oxygens (including phenoxy) is 1. The fraction of sp³-hybridized carbons (Fsp3) is 0.500. The lowest BCUT2D eigenvalue weighted by molar-refractivity contribution is 0.125. The summed E-state index contributed by atoms with van der Waals surface area (Å²) in [4.78, 5) is 7.08. The zero-order valence-electron chi connectivity index (χ0n) is 15.4. The number of fused-ring (bicyclic) bond motifs is 1. The molecule has 0 aliphatic heterocycles. The molecule has 3 rings (SSSR count). The summed E-state index contributed by atoms with van der Waals surface area (Å²) in [5.41, 5.74) is 8.90. The molecule has 1 aliphatic rings. The summed E-state index contributed by atoms with van der Waals surface area (Å²) >= 11 is 6.08. The molecule has 0 unspecified atom stereocenters. The molecule has 1 aromatic heterocycles. The maximum atomic E-state index is 11.9. The lowest BCUT2D eigenvalue weighted by atomic mass is 9.90. The van der Waals surface area contributed by atoms with Crippen LogP contribution in [0.5, 0.6) is 5.75 Å². The molecular formula is C18H21ClN4O3S. The van der Waals surface area contributed by atoms with Crippen molar-refractivity contribution in [3.05, 3.63) is 45.6 Å². The largest absolute Gasteiger partial charge is 0.490 e. The van der Waals surface area contributed by atoms with Gasteiger partial charge >= 0.3 is 0 Å². The summed E-state index contributed by atoms with van der Waals surface area (Å²) in [5, 5.41) is 5.43. The van der Waals surface area contributed by atoms with Crippen LogP contribution in [0.4, 0.5) is 0 Å². The molecule has 0 bridgehead atoms. The Morgan fingerprint density at radius 1 is 1.37 bits per heavy atom. The SMILES string of the molecule is CCS(=O)(=O)[C@H]1C[C@@H](Oc2ccc(C(C)(C)N=[N+]=[N-])c3cc(Cl)ncc23)C1. The van der Waals surface area contributed by atoms with Crippen LogP contribution >= 0.6 is 11.6 Å². The molecule has 1 fully saturated rings. The minimum Gasteiger partial charge on any atom is -0.490 e. The first-order valence-corrected chi connectivity index (χ1v) is 10.8. The average Bonchev–Trinajstić information content (AvgIpc) is 2.56. The molecule has 1 heterocycles. The smallest absolute Gasteiger partial charge is 0.153 e. The molecular weight excluding hydrogens is 388 g/mol. The number of nitrogens with zero attached hydrogens (tertiary/aromatic N) is 4. The van der Waals surface area contributed by atoms with Gasteiger partial charge in [0.05, 0.1) is 10.8 Å². The standard InChI is InChI=1S/C18H21ClN4O3S/c1-4-27(24,25)12-7-11(8-12)26-16-6-5-15(18(2,3)22-23-20)13-9-17(19)21-10-14(13)16/h5-6,9-12H,4,7-8H2,1-3H3/t11-,12+. The van der Waals surface area contributed by atoms with Crippen LogP contribution in [0, 0.1) is 0 Å².